The van der Waals surface area contributed by atoms with Crippen molar-refractivity contribution in [3.8, 4) is 23.0 Å². The van der Waals surface area contributed by atoms with Crippen molar-refractivity contribution in [2.24, 2.45) is 11.5 Å². The Labute approximate surface area is 249 Å². The molecular formula is C32H35N5O6. The molecule has 0 radical (unpaired) electrons. The number of ether oxygens (including phenoxy) is 2. The van der Waals surface area contributed by atoms with Gasteiger partial charge in [0, 0.05) is 35.2 Å². The first kappa shape index (κ1) is 30.8. The van der Waals surface area contributed by atoms with E-state index in [0.717, 1.165) is 42.4 Å². The number of primary amides is 2. The predicted molar refractivity (Wildman–Crippen MR) is 160 cm³/mol. The van der Waals surface area contributed by atoms with Crippen molar-refractivity contribution < 1.29 is 28.4 Å². The maximum atomic E-state index is 12.6. The first-order chi connectivity index (χ1) is 20.8. The lowest BCUT2D eigenvalue weighted by Crippen LogP contribution is -2.24. The van der Waals surface area contributed by atoms with Crippen LogP contribution in [-0.4, -0.2) is 48.6 Å². The second kappa shape index (κ2) is 14.6. The third-order valence-electron chi connectivity index (χ3n) is 6.99. The first-order valence-electron chi connectivity index (χ1n) is 13.9. The molecule has 0 spiro atoms. The van der Waals surface area contributed by atoms with Crippen molar-refractivity contribution >= 4 is 17.7 Å². The minimum atomic E-state index is -0.546. The van der Waals surface area contributed by atoms with Gasteiger partial charge in [0.25, 0.3) is 11.8 Å². The van der Waals surface area contributed by atoms with Crippen molar-refractivity contribution in [1.82, 2.24) is 15.5 Å². The zero-order chi connectivity index (χ0) is 30.8. The van der Waals surface area contributed by atoms with Crippen molar-refractivity contribution in [1.29, 1.82) is 0 Å². The Kier molecular flexibility index (Phi) is 10.5. The van der Waals surface area contributed by atoms with Gasteiger partial charge in [-0.1, -0.05) is 30.1 Å². The van der Waals surface area contributed by atoms with E-state index in [2.05, 4.69) is 15.5 Å². The SMILES string of the molecule is COc1ccc(-c2nc(Cc3ccc(C(=O)NCCCCCCc4cc(C(N)=O)ccc4C(N)=O)cc3)no2)cc1OC. The van der Waals surface area contributed by atoms with Gasteiger partial charge in [-0.05, 0) is 78.9 Å². The summed E-state index contributed by atoms with van der Waals surface area (Å²) < 4.78 is 16.0. The number of unbranched alkanes of at least 4 members (excludes halogenated alkanes) is 3. The van der Waals surface area contributed by atoms with Gasteiger partial charge in [0.05, 0.1) is 14.2 Å². The molecule has 0 aliphatic rings. The number of methoxy groups -OCH3 is 2. The number of carbonyl (C=O) groups excluding carboxylic acids is 3. The number of hydrogen-bond donors (Lipinski definition) is 3. The molecular weight excluding hydrogens is 550 g/mol. The molecule has 11 nitrogen and oxygen atoms in total. The third-order valence-corrected chi connectivity index (χ3v) is 6.99. The highest BCUT2D eigenvalue weighted by Gasteiger charge is 2.14. The molecule has 0 unspecified atom stereocenters. The summed E-state index contributed by atoms with van der Waals surface area (Å²) in [7, 11) is 3.14. The largest absolute Gasteiger partial charge is 0.493 e. The summed E-state index contributed by atoms with van der Waals surface area (Å²) in [6.45, 7) is 0.548. The molecule has 1 aromatic heterocycles. The Morgan fingerprint density at radius 1 is 0.814 bits per heavy atom. The van der Waals surface area contributed by atoms with Crippen molar-refractivity contribution in [3.05, 3.63) is 94.3 Å². The summed E-state index contributed by atoms with van der Waals surface area (Å²) in [5.41, 5.74) is 14.5. The molecule has 4 aromatic rings. The third kappa shape index (κ3) is 8.19. The molecule has 3 aromatic carbocycles. The molecule has 11 heteroatoms. The van der Waals surface area contributed by atoms with E-state index >= 15 is 0 Å². The molecule has 0 fully saturated rings. The van der Waals surface area contributed by atoms with Gasteiger partial charge >= 0.3 is 0 Å². The van der Waals surface area contributed by atoms with Crippen LogP contribution in [0.15, 0.2) is 65.2 Å². The number of rotatable bonds is 15. The van der Waals surface area contributed by atoms with E-state index in [1.165, 1.54) is 6.07 Å². The van der Waals surface area contributed by atoms with E-state index in [-0.39, 0.29) is 5.91 Å². The van der Waals surface area contributed by atoms with E-state index < -0.39 is 11.8 Å². The quantitative estimate of drug-likeness (QED) is 0.175. The average Bonchev–Trinajstić information content (AvgIpc) is 3.48. The molecule has 5 N–H and O–H groups in total. The zero-order valence-corrected chi connectivity index (χ0v) is 24.2. The maximum Gasteiger partial charge on any atom is 0.258 e. The van der Waals surface area contributed by atoms with Crippen LogP contribution in [0.25, 0.3) is 11.5 Å². The molecule has 43 heavy (non-hydrogen) atoms. The second-order valence-electron chi connectivity index (χ2n) is 9.98. The zero-order valence-electron chi connectivity index (χ0n) is 24.2. The molecule has 0 saturated carbocycles. The number of nitrogens with zero attached hydrogens (tertiary/aromatic N) is 2. The fraction of sp³-hybridized carbons (Fsp3) is 0.281. The molecule has 1 heterocycles. The Morgan fingerprint density at radius 2 is 1.53 bits per heavy atom. The molecule has 0 bridgehead atoms. The molecule has 3 amide bonds. The van der Waals surface area contributed by atoms with Crippen LogP contribution in [0.3, 0.4) is 0 Å². The smallest absolute Gasteiger partial charge is 0.258 e. The normalized spacial score (nSPS) is 10.7. The Balaban J connectivity index is 1.19. The van der Waals surface area contributed by atoms with Gasteiger partial charge in [-0.2, -0.15) is 4.98 Å². The lowest BCUT2D eigenvalue weighted by Gasteiger charge is -2.09. The van der Waals surface area contributed by atoms with Gasteiger partial charge in [-0.3, -0.25) is 14.4 Å². The van der Waals surface area contributed by atoms with E-state index in [9.17, 15) is 14.4 Å². The summed E-state index contributed by atoms with van der Waals surface area (Å²) in [4.78, 5) is 40.2. The van der Waals surface area contributed by atoms with Crippen LogP contribution in [-0.2, 0) is 12.8 Å². The van der Waals surface area contributed by atoms with Crippen molar-refractivity contribution in [2.75, 3.05) is 20.8 Å². The van der Waals surface area contributed by atoms with E-state index in [4.69, 9.17) is 25.5 Å². The highest BCUT2D eigenvalue weighted by molar-refractivity contribution is 5.98. The fourth-order valence-corrected chi connectivity index (χ4v) is 4.66. The molecule has 0 atom stereocenters. The van der Waals surface area contributed by atoms with Crippen LogP contribution in [0, 0.1) is 0 Å². The number of amides is 3. The lowest BCUT2D eigenvalue weighted by molar-refractivity contribution is 0.0950. The number of carbonyl (C=O) groups is 3. The number of benzene rings is 3. The highest BCUT2D eigenvalue weighted by atomic mass is 16.5. The second-order valence-corrected chi connectivity index (χ2v) is 9.98. The summed E-state index contributed by atoms with van der Waals surface area (Å²) in [5.74, 6) is 0.854. The van der Waals surface area contributed by atoms with Crippen LogP contribution in [0.4, 0.5) is 0 Å². The van der Waals surface area contributed by atoms with Gasteiger partial charge in [-0.15, -0.1) is 0 Å². The highest BCUT2D eigenvalue weighted by Crippen LogP contribution is 2.31. The number of aryl methyl sites for hydroxylation is 1. The van der Waals surface area contributed by atoms with Crippen LogP contribution in [0.2, 0.25) is 0 Å². The minimum absolute atomic E-state index is 0.142. The Bertz CT molecular complexity index is 1580. The number of nitrogens with one attached hydrogen (secondary N) is 1. The topological polar surface area (TPSA) is 173 Å². The molecule has 0 aliphatic heterocycles. The van der Waals surface area contributed by atoms with Crippen molar-refractivity contribution in [2.45, 2.75) is 38.5 Å². The number of aromatic nitrogens is 2. The van der Waals surface area contributed by atoms with Gasteiger partial charge in [0.1, 0.15) is 0 Å². The summed E-state index contributed by atoms with van der Waals surface area (Å²) >= 11 is 0. The Hall–Kier alpha value is -5.19. The molecule has 0 saturated heterocycles. The van der Waals surface area contributed by atoms with E-state index in [1.807, 2.05) is 18.2 Å². The number of hydrogen-bond acceptors (Lipinski definition) is 8. The van der Waals surface area contributed by atoms with Gasteiger partial charge in [0.2, 0.25) is 11.8 Å². The monoisotopic (exact) mass is 585 g/mol. The van der Waals surface area contributed by atoms with Gasteiger partial charge < -0.3 is 30.8 Å². The number of nitrogens with two attached hydrogens (primary N) is 2. The van der Waals surface area contributed by atoms with Gasteiger partial charge in [-0.25, -0.2) is 0 Å². The summed E-state index contributed by atoms with van der Waals surface area (Å²) in [6.07, 6.45) is 4.48. The van der Waals surface area contributed by atoms with Crippen LogP contribution in [0.5, 0.6) is 11.5 Å². The molecule has 4 rings (SSSR count). The van der Waals surface area contributed by atoms with Crippen LogP contribution >= 0.6 is 0 Å². The Morgan fingerprint density at radius 3 is 2.23 bits per heavy atom. The standard InChI is InChI=1S/C32H35N5O6/c1-41-26-15-13-24(19-27(26)42-2)32-36-28(37-43-32)17-20-8-10-21(11-9-20)31(40)35-16-6-4-3-5-7-22-18-23(29(33)38)12-14-25(22)30(34)39/h8-15,18-19H,3-7,16-17H2,1-2H3,(H2,33,38)(H2,34,39)(H,35,40). The summed E-state index contributed by atoms with van der Waals surface area (Å²) in [5, 5.41) is 7.03. The lowest BCUT2D eigenvalue weighted by atomic mass is 9.97. The van der Waals surface area contributed by atoms with E-state index in [0.29, 0.717) is 59.3 Å². The van der Waals surface area contributed by atoms with Crippen LogP contribution < -0.4 is 26.3 Å². The van der Waals surface area contributed by atoms with Crippen LogP contribution in [0.1, 0.15) is 73.7 Å². The predicted octanol–water partition coefficient (Wildman–Crippen LogP) is 4.08. The first-order valence-corrected chi connectivity index (χ1v) is 13.9. The van der Waals surface area contributed by atoms with Gasteiger partial charge in [0.15, 0.2) is 17.3 Å². The van der Waals surface area contributed by atoms with Crippen molar-refractivity contribution in [3.63, 3.8) is 0 Å². The van der Waals surface area contributed by atoms with E-state index in [1.54, 1.807) is 50.6 Å². The molecule has 224 valence electrons. The maximum absolute atomic E-state index is 12.6. The minimum Gasteiger partial charge on any atom is -0.493 e. The summed E-state index contributed by atoms with van der Waals surface area (Å²) in [6, 6.07) is 17.3. The average molecular weight is 586 g/mol. The molecule has 0 aliphatic carbocycles. The fourth-order valence-electron chi connectivity index (χ4n) is 4.66.